The smallest absolute Gasteiger partial charge is 0.255 e. The Morgan fingerprint density at radius 2 is 1.55 bits per heavy atom. The second-order valence-corrected chi connectivity index (χ2v) is 8.23. The van der Waals surface area contributed by atoms with Crippen LogP contribution in [0.5, 0.6) is 11.6 Å². The van der Waals surface area contributed by atoms with E-state index < -0.39 is 0 Å². The summed E-state index contributed by atoms with van der Waals surface area (Å²) in [5.74, 6) is 1.56. The molecule has 4 aromatic rings. The molecular formula is C25H24N4O2. The summed E-state index contributed by atoms with van der Waals surface area (Å²) in [5.41, 5.74) is 2.55. The minimum Gasteiger partial charge on any atom is -0.438 e. The number of hydrogen-bond donors (Lipinski definition) is 1. The third-order valence-corrected chi connectivity index (χ3v) is 4.84. The summed E-state index contributed by atoms with van der Waals surface area (Å²) in [6, 6.07) is 22.3. The van der Waals surface area contributed by atoms with E-state index >= 15 is 0 Å². The summed E-state index contributed by atoms with van der Waals surface area (Å²) in [4.78, 5) is 12.5. The maximum atomic E-state index is 12.5. The molecule has 0 radical (unpaired) electrons. The van der Waals surface area contributed by atoms with Gasteiger partial charge in [0, 0.05) is 29.7 Å². The Morgan fingerprint density at radius 3 is 2.13 bits per heavy atom. The molecule has 2 aromatic heterocycles. The zero-order chi connectivity index (χ0) is 21.8. The topological polar surface area (TPSA) is 69.0 Å². The lowest BCUT2D eigenvalue weighted by molar-refractivity contribution is 0.102. The molecule has 0 bridgehead atoms. The maximum absolute atomic E-state index is 12.5. The van der Waals surface area contributed by atoms with E-state index in [1.807, 2.05) is 59.4 Å². The van der Waals surface area contributed by atoms with Crippen LogP contribution in [0.1, 0.15) is 36.7 Å². The van der Waals surface area contributed by atoms with Gasteiger partial charge in [-0.05, 0) is 65.6 Å². The lowest BCUT2D eigenvalue weighted by Gasteiger charge is -2.19. The number of anilines is 1. The highest BCUT2D eigenvalue weighted by Crippen LogP contribution is 2.24. The molecule has 2 aromatic carbocycles. The number of rotatable bonds is 5. The Morgan fingerprint density at radius 1 is 0.871 bits per heavy atom. The van der Waals surface area contributed by atoms with Gasteiger partial charge in [0.15, 0.2) is 5.82 Å². The molecule has 2 heterocycles. The molecular weight excluding hydrogens is 388 g/mol. The highest BCUT2D eigenvalue weighted by molar-refractivity contribution is 6.04. The van der Waals surface area contributed by atoms with Crippen molar-refractivity contribution in [3.63, 3.8) is 0 Å². The van der Waals surface area contributed by atoms with Gasteiger partial charge in [-0.3, -0.25) is 4.79 Å². The number of aromatic nitrogens is 3. The predicted octanol–water partition coefficient (Wildman–Crippen LogP) is 5.61. The molecule has 0 saturated carbocycles. The summed E-state index contributed by atoms with van der Waals surface area (Å²) >= 11 is 0. The van der Waals surface area contributed by atoms with Crippen molar-refractivity contribution in [2.45, 2.75) is 26.2 Å². The first-order chi connectivity index (χ1) is 14.9. The van der Waals surface area contributed by atoms with E-state index in [0.29, 0.717) is 28.7 Å². The van der Waals surface area contributed by atoms with Crippen molar-refractivity contribution in [3.05, 3.63) is 96.3 Å². The average Bonchev–Trinajstić information content (AvgIpc) is 3.30. The number of carbonyl (C=O) groups is 1. The highest BCUT2D eigenvalue weighted by Gasteiger charge is 2.14. The number of carbonyl (C=O) groups excluding carboxylic acids is 1. The van der Waals surface area contributed by atoms with E-state index in [2.05, 4.69) is 36.3 Å². The van der Waals surface area contributed by atoms with E-state index in [-0.39, 0.29) is 11.3 Å². The van der Waals surface area contributed by atoms with Gasteiger partial charge in [0.25, 0.3) is 5.91 Å². The molecule has 0 aliphatic rings. The van der Waals surface area contributed by atoms with Crippen LogP contribution in [0, 0.1) is 0 Å². The largest absolute Gasteiger partial charge is 0.438 e. The van der Waals surface area contributed by atoms with Crippen LogP contribution in [-0.2, 0) is 5.41 Å². The van der Waals surface area contributed by atoms with Crippen molar-refractivity contribution >= 4 is 11.6 Å². The van der Waals surface area contributed by atoms with Crippen molar-refractivity contribution in [1.29, 1.82) is 0 Å². The summed E-state index contributed by atoms with van der Waals surface area (Å²) in [7, 11) is 0. The molecule has 6 heteroatoms. The quantitative estimate of drug-likeness (QED) is 0.463. The second-order valence-electron chi connectivity index (χ2n) is 8.23. The zero-order valence-corrected chi connectivity index (χ0v) is 17.7. The number of benzene rings is 2. The van der Waals surface area contributed by atoms with Gasteiger partial charge in [-0.15, -0.1) is 10.2 Å². The fourth-order valence-electron chi connectivity index (χ4n) is 3.04. The Labute approximate surface area is 181 Å². The number of amides is 1. The molecule has 0 aliphatic carbocycles. The molecule has 6 nitrogen and oxygen atoms in total. The van der Waals surface area contributed by atoms with Gasteiger partial charge in [0.2, 0.25) is 5.88 Å². The van der Waals surface area contributed by atoms with Gasteiger partial charge in [0.1, 0.15) is 5.75 Å². The normalized spacial score (nSPS) is 11.2. The van der Waals surface area contributed by atoms with Crippen molar-refractivity contribution < 1.29 is 9.53 Å². The number of ether oxygens (including phenoxy) is 1. The van der Waals surface area contributed by atoms with Crippen LogP contribution in [-0.4, -0.2) is 20.7 Å². The van der Waals surface area contributed by atoms with Gasteiger partial charge in [-0.25, -0.2) is 0 Å². The number of nitrogens with one attached hydrogen (secondary N) is 1. The van der Waals surface area contributed by atoms with Crippen LogP contribution in [0.4, 0.5) is 5.69 Å². The summed E-state index contributed by atoms with van der Waals surface area (Å²) in [6.07, 6.45) is 3.80. The van der Waals surface area contributed by atoms with E-state index in [9.17, 15) is 4.79 Å². The maximum Gasteiger partial charge on any atom is 0.255 e. The third-order valence-electron chi connectivity index (χ3n) is 4.84. The summed E-state index contributed by atoms with van der Waals surface area (Å²) < 4.78 is 7.61. The van der Waals surface area contributed by atoms with Gasteiger partial charge < -0.3 is 14.6 Å². The minimum absolute atomic E-state index is 0.0534. The van der Waals surface area contributed by atoms with Crippen molar-refractivity contribution in [1.82, 2.24) is 14.8 Å². The van der Waals surface area contributed by atoms with Gasteiger partial charge in [0.05, 0.1) is 0 Å². The fraction of sp³-hybridized carbons (Fsp3) is 0.160. The average molecular weight is 412 g/mol. The van der Waals surface area contributed by atoms with Crippen LogP contribution in [0.25, 0.3) is 5.82 Å². The van der Waals surface area contributed by atoms with Gasteiger partial charge >= 0.3 is 0 Å². The Bertz CT molecular complexity index is 1140. The summed E-state index contributed by atoms with van der Waals surface area (Å²) in [5, 5.41) is 11.2. The monoisotopic (exact) mass is 412 g/mol. The molecule has 0 spiro atoms. The van der Waals surface area contributed by atoms with Crippen LogP contribution < -0.4 is 10.1 Å². The second kappa shape index (κ2) is 8.44. The Hall–Kier alpha value is -3.93. The molecule has 1 N–H and O–H groups in total. The van der Waals surface area contributed by atoms with Gasteiger partial charge in [-0.2, -0.15) is 0 Å². The van der Waals surface area contributed by atoms with Crippen LogP contribution in [0.2, 0.25) is 0 Å². The van der Waals surface area contributed by atoms with Crippen LogP contribution in [0.15, 0.2) is 85.2 Å². The van der Waals surface area contributed by atoms with Crippen molar-refractivity contribution in [3.8, 4) is 17.4 Å². The number of hydrogen-bond acceptors (Lipinski definition) is 4. The van der Waals surface area contributed by atoms with E-state index in [1.165, 1.54) is 5.56 Å². The zero-order valence-electron chi connectivity index (χ0n) is 17.7. The molecule has 0 atom stereocenters. The molecule has 0 saturated heterocycles. The first-order valence-electron chi connectivity index (χ1n) is 10.1. The molecule has 31 heavy (non-hydrogen) atoms. The lowest BCUT2D eigenvalue weighted by atomic mass is 9.87. The van der Waals surface area contributed by atoms with E-state index in [0.717, 1.165) is 0 Å². The molecule has 4 rings (SSSR count). The lowest BCUT2D eigenvalue weighted by Crippen LogP contribution is -2.14. The highest BCUT2D eigenvalue weighted by atomic mass is 16.5. The van der Waals surface area contributed by atoms with E-state index in [4.69, 9.17) is 4.74 Å². The Balaban J connectivity index is 1.37. The van der Waals surface area contributed by atoms with Gasteiger partial charge in [-0.1, -0.05) is 32.9 Å². The first-order valence-corrected chi connectivity index (χ1v) is 10.1. The minimum atomic E-state index is -0.152. The summed E-state index contributed by atoms with van der Waals surface area (Å²) in [6.45, 7) is 6.44. The first kappa shape index (κ1) is 20.3. The Kier molecular flexibility index (Phi) is 5.54. The third kappa shape index (κ3) is 4.98. The van der Waals surface area contributed by atoms with E-state index in [1.54, 1.807) is 30.3 Å². The molecule has 0 aliphatic heterocycles. The standard InChI is InChI=1S/C25H24N4O2/c1-25(2,3)19-8-6-18(7-9-19)24(30)26-20-10-12-21(13-11-20)31-23-15-14-22(27-28-23)29-16-4-5-17-29/h4-17H,1-3H3,(H,26,30). The van der Waals surface area contributed by atoms with Crippen molar-refractivity contribution in [2.75, 3.05) is 5.32 Å². The van der Waals surface area contributed by atoms with Crippen LogP contribution in [0.3, 0.4) is 0 Å². The molecule has 156 valence electrons. The molecule has 0 unspecified atom stereocenters. The fourth-order valence-corrected chi connectivity index (χ4v) is 3.04. The molecule has 1 amide bonds. The number of nitrogens with zero attached hydrogens (tertiary/aromatic N) is 3. The molecule has 0 fully saturated rings. The van der Waals surface area contributed by atoms with Crippen molar-refractivity contribution in [2.24, 2.45) is 0 Å². The van der Waals surface area contributed by atoms with Crippen LogP contribution >= 0.6 is 0 Å². The SMILES string of the molecule is CC(C)(C)c1ccc(C(=O)Nc2ccc(Oc3ccc(-n4cccc4)nn3)cc2)cc1. The predicted molar refractivity (Wildman–Crippen MR) is 121 cm³/mol.